The van der Waals surface area contributed by atoms with Crippen LogP contribution in [0.4, 0.5) is 13.2 Å². The molecule has 24 heavy (non-hydrogen) atoms. The molecule has 0 saturated carbocycles. The molecule has 0 aromatic heterocycles. The molecule has 0 radical (unpaired) electrons. The van der Waals surface area contributed by atoms with Gasteiger partial charge in [0, 0.05) is 19.6 Å². The first-order valence-corrected chi connectivity index (χ1v) is 8.28. The van der Waals surface area contributed by atoms with Crippen molar-refractivity contribution in [3.05, 3.63) is 35.4 Å². The molecular formula is C18H26F3NO2. The van der Waals surface area contributed by atoms with Crippen LogP contribution in [0.5, 0.6) is 0 Å². The fourth-order valence-electron chi connectivity index (χ4n) is 2.43. The Labute approximate surface area is 141 Å². The Morgan fingerprint density at radius 2 is 2.00 bits per heavy atom. The van der Waals surface area contributed by atoms with Gasteiger partial charge in [0.25, 0.3) is 0 Å². The molecule has 1 unspecified atom stereocenters. The third-order valence-corrected chi connectivity index (χ3v) is 3.56. The van der Waals surface area contributed by atoms with Crippen LogP contribution < -0.4 is 5.32 Å². The summed E-state index contributed by atoms with van der Waals surface area (Å²) in [6, 6.07) is 4.75. The molecule has 1 atom stereocenters. The van der Waals surface area contributed by atoms with Gasteiger partial charge in [-0.05, 0) is 43.4 Å². The summed E-state index contributed by atoms with van der Waals surface area (Å²) < 4.78 is 43.9. The molecule has 1 rings (SSSR count). The average molecular weight is 345 g/mol. The molecule has 1 N–H and O–H groups in total. The van der Waals surface area contributed by atoms with E-state index in [2.05, 4.69) is 5.32 Å². The van der Waals surface area contributed by atoms with Crippen LogP contribution in [-0.4, -0.2) is 19.1 Å². The molecule has 0 aliphatic rings. The average Bonchev–Trinajstić information content (AvgIpc) is 2.50. The number of rotatable bonds is 9. The van der Waals surface area contributed by atoms with Crippen LogP contribution >= 0.6 is 0 Å². The zero-order valence-electron chi connectivity index (χ0n) is 14.5. The molecule has 0 aliphatic heterocycles. The van der Waals surface area contributed by atoms with Crippen molar-refractivity contribution in [3.63, 3.8) is 0 Å². The quantitative estimate of drug-likeness (QED) is 0.657. The number of hydrogen-bond donors (Lipinski definition) is 1. The first-order chi connectivity index (χ1) is 11.2. The van der Waals surface area contributed by atoms with Crippen LogP contribution in [-0.2, 0) is 15.7 Å². The van der Waals surface area contributed by atoms with Gasteiger partial charge in [0.15, 0.2) is 0 Å². The van der Waals surface area contributed by atoms with Crippen molar-refractivity contribution in [3.8, 4) is 0 Å². The van der Waals surface area contributed by atoms with E-state index in [-0.39, 0.29) is 11.8 Å². The van der Waals surface area contributed by atoms with E-state index in [4.69, 9.17) is 4.74 Å². The minimum absolute atomic E-state index is 0.169. The van der Waals surface area contributed by atoms with Gasteiger partial charge < -0.3 is 10.1 Å². The van der Waals surface area contributed by atoms with Gasteiger partial charge in [0.1, 0.15) is 0 Å². The van der Waals surface area contributed by atoms with Gasteiger partial charge in [-0.2, -0.15) is 13.2 Å². The number of carbonyl (C=O) groups is 1. The summed E-state index contributed by atoms with van der Waals surface area (Å²) in [6.07, 6.45) is -2.91. The standard InChI is InChI=1S/C18H26F3NO2/c1-4-24-10-6-9-17(23)22-16(11-13(2)3)14-7-5-8-15(12-14)18(19,20)21/h5,7-8,12-13,16H,4,6,9-11H2,1-3H3,(H,22,23). The number of alkyl halides is 3. The van der Waals surface area contributed by atoms with E-state index < -0.39 is 17.8 Å². The van der Waals surface area contributed by atoms with Crippen LogP contribution in [0.25, 0.3) is 0 Å². The van der Waals surface area contributed by atoms with E-state index >= 15 is 0 Å². The van der Waals surface area contributed by atoms with Gasteiger partial charge in [-0.15, -0.1) is 0 Å². The van der Waals surface area contributed by atoms with Gasteiger partial charge in [-0.3, -0.25) is 4.79 Å². The SMILES string of the molecule is CCOCCCC(=O)NC(CC(C)C)c1cccc(C(F)(F)F)c1. The summed E-state index contributed by atoms with van der Waals surface area (Å²) in [4.78, 5) is 12.1. The fourth-order valence-corrected chi connectivity index (χ4v) is 2.43. The van der Waals surface area contributed by atoms with E-state index in [9.17, 15) is 18.0 Å². The lowest BCUT2D eigenvalue weighted by Crippen LogP contribution is -2.29. The van der Waals surface area contributed by atoms with Crippen molar-refractivity contribution in [2.45, 2.75) is 52.3 Å². The van der Waals surface area contributed by atoms with E-state index in [1.807, 2.05) is 20.8 Å². The van der Waals surface area contributed by atoms with Crippen molar-refractivity contribution in [2.24, 2.45) is 5.92 Å². The summed E-state index contributed by atoms with van der Waals surface area (Å²) in [5.74, 6) is 0.0750. The fraction of sp³-hybridized carbons (Fsp3) is 0.611. The Morgan fingerprint density at radius 3 is 2.58 bits per heavy atom. The van der Waals surface area contributed by atoms with Crippen molar-refractivity contribution < 1.29 is 22.7 Å². The van der Waals surface area contributed by atoms with Gasteiger partial charge in [0.05, 0.1) is 11.6 Å². The maximum atomic E-state index is 12.9. The number of hydrogen-bond acceptors (Lipinski definition) is 2. The molecule has 3 nitrogen and oxygen atoms in total. The van der Waals surface area contributed by atoms with Crippen molar-refractivity contribution >= 4 is 5.91 Å². The lowest BCUT2D eigenvalue weighted by Gasteiger charge is -2.22. The summed E-state index contributed by atoms with van der Waals surface area (Å²) in [6.45, 7) is 6.93. The van der Waals surface area contributed by atoms with Crippen LogP contribution in [0.1, 0.15) is 57.2 Å². The van der Waals surface area contributed by atoms with Crippen molar-refractivity contribution in [1.29, 1.82) is 0 Å². The van der Waals surface area contributed by atoms with Gasteiger partial charge in [-0.1, -0.05) is 26.0 Å². The predicted molar refractivity (Wildman–Crippen MR) is 87.5 cm³/mol. The molecule has 6 heteroatoms. The van der Waals surface area contributed by atoms with Gasteiger partial charge >= 0.3 is 6.18 Å². The Kier molecular flexibility index (Phi) is 8.25. The molecular weight excluding hydrogens is 319 g/mol. The molecule has 0 fully saturated rings. The maximum absolute atomic E-state index is 12.9. The minimum atomic E-state index is -4.39. The number of ether oxygens (including phenoxy) is 1. The number of carbonyl (C=O) groups excluding carboxylic acids is 1. The lowest BCUT2D eigenvalue weighted by atomic mass is 9.95. The molecule has 0 spiro atoms. The number of benzene rings is 1. The third-order valence-electron chi connectivity index (χ3n) is 3.56. The van der Waals surface area contributed by atoms with Crippen molar-refractivity contribution in [1.82, 2.24) is 5.32 Å². The first kappa shape index (κ1) is 20.5. The second-order valence-electron chi connectivity index (χ2n) is 6.17. The highest BCUT2D eigenvalue weighted by molar-refractivity contribution is 5.76. The van der Waals surface area contributed by atoms with Gasteiger partial charge in [0.2, 0.25) is 5.91 Å². The second-order valence-corrected chi connectivity index (χ2v) is 6.17. The molecule has 0 bridgehead atoms. The van der Waals surface area contributed by atoms with E-state index in [1.165, 1.54) is 6.07 Å². The minimum Gasteiger partial charge on any atom is -0.382 e. The van der Waals surface area contributed by atoms with Gasteiger partial charge in [-0.25, -0.2) is 0 Å². The smallest absolute Gasteiger partial charge is 0.382 e. The van der Waals surface area contributed by atoms with Crippen LogP contribution in [0.2, 0.25) is 0 Å². The molecule has 0 heterocycles. The number of amides is 1. The summed E-state index contributed by atoms with van der Waals surface area (Å²) in [5, 5.41) is 2.86. The van der Waals surface area contributed by atoms with E-state index in [0.717, 1.165) is 12.1 Å². The zero-order valence-corrected chi connectivity index (χ0v) is 14.5. The highest BCUT2D eigenvalue weighted by atomic mass is 19.4. The lowest BCUT2D eigenvalue weighted by molar-refractivity contribution is -0.137. The summed E-state index contributed by atoms with van der Waals surface area (Å²) in [7, 11) is 0. The van der Waals surface area contributed by atoms with Crippen LogP contribution in [0, 0.1) is 5.92 Å². The molecule has 1 aromatic carbocycles. The Morgan fingerprint density at radius 1 is 1.29 bits per heavy atom. The topological polar surface area (TPSA) is 38.3 Å². The van der Waals surface area contributed by atoms with E-state index in [1.54, 1.807) is 6.07 Å². The molecule has 1 aromatic rings. The molecule has 0 saturated heterocycles. The summed E-state index contributed by atoms with van der Waals surface area (Å²) in [5.41, 5.74) is -0.212. The van der Waals surface area contributed by atoms with Crippen molar-refractivity contribution in [2.75, 3.05) is 13.2 Å². The number of halogens is 3. The second kappa shape index (κ2) is 9.67. The monoisotopic (exact) mass is 345 g/mol. The Balaban J connectivity index is 2.80. The maximum Gasteiger partial charge on any atom is 0.416 e. The first-order valence-electron chi connectivity index (χ1n) is 8.28. The molecule has 1 amide bonds. The Hall–Kier alpha value is -1.56. The Bertz CT molecular complexity index is 515. The predicted octanol–water partition coefficient (Wildman–Crippen LogP) is 4.73. The zero-order chi connectivity index (χ0) is 18.2. The van der Waals surface area contributed by atoms with Crippen LogP contribution in [0.3, 0.4) is 0 Å². The number of nitrogens with one attached hydrogen (secondary N) is 1. The van der Waals surface area contributed by atoms with E-state index in [0.29, 0.717) is 38.0 Å². The molecule has 0 aliphatic carbocycles. The third kappa shape index (κ3) is 7.34. The highest BCUT2D eigenvalue weighted by Crippen LogP contribution is 2.32. The normalized spacial score (nSPS) is 13.1. The van der Waals surface area contributed by atoms with Crippen LogP contribution in [0.15, 0.2) is 24.3 Å². The highest BCUT2D eigenvalue weighted by Gasteiger charge is 2.31. The largest absolute Gasteiger partial charge is 0.416 e. The molecule has 136 valence electrons. The summed E-state index contributed by atoms with van der Waals surface area (Å²) >= 11 is 0.